The topological polar surface area (TPSA) is 69.3 Å². The number of nitrogens with zero attached hydrogens (tertiary/aromatic N) is 1. The minimum atomic E-state index is -0.505. The predicted octanol–water partition coefficient (Wildman–Crippen LogP) is 2.68. The van der Waals surface area contributed by atoms with Crippen molar-refractivity contribution in [3.8, 4) is 0 Å². The van der Waals surface area contributed by atoms with E-state index >= 15 is 0 Å². The summed E-state index contributed by atoms with van der Waals surface area (Å²) in [4.78, 5) is 19.9. The van der Waals surface area contributed by atoms with Gasteiger partial charge < -0.3 is 15.6 Å². The SMILES string of the molecule is C=CC(F)=C(N=C(C)C)c1cc2c([nH]1)C1(CCNCC1)CNC2=O. The lowest BCUT2D eigenvalue weighted by Crippen LogP contribution is -2.51. The lowest BCUT2D eigenvalue weighted by Gasteiger charge is -2.40. The molecule has 0 bridgehead atoms. The van der Waals surface area contributed by atoms with Crippen molar-refractivity contribution < 1.29 is 9.18 Å². The van der Waals surface area contributed by atoms with Crippen molar-refractivity contribution in [2.45, 2.75) is 32.1 Å². The molecule has 0 atom stereocenters. The molecule has 1 aromatic rings. The molecule has 3 N–H and O–H groups in total. The van der Waals surface area contributed by atoms with Gasteiger partial charge in [-0.25, -0.2) is 4.39 Å². The molecule has 1 amide bonds. The standard InChI is InChI=1S/C18H23FN4O/c1-4-13(19)15(22-11(2)3)14-9-12-16(23-14)18(10-21-17(12)24)5-7-20-8-6-18/h4,9,20,23H,1,5-8,10H2,2-3H3,(H,21,24). The van der Waals surface area contributed by atoms with Crippen molar-refractivity contribution in [1.29, 1.82) is 0 Å². The van der Waals surface area contributed by atoms with Crippen LogP contribution in [0, 0.1) is 0 Å². The number of allylic oxidation sites excluding steroid dienone is 2. The second-order valence-corrected chi connectivity index (χ2v) is 6.64. The maximum atomic E-state index is 14.3. The van der Waals surface area contributed by atoms with Crippen LogP contribution >= 0.6 is 0 Å². The van der Waals surface area contributed by atoms with E-state index in [9.17, 15) is 9.18 Å². The van der Waals surface area contributed by atoms with E-state index in [1.165, 1.54) is 0 Å². The summed E-state index contributed by atoms with van der Waals surface area (Å²) in [6.07, 6.45) is 3.00. The van der Waals surface area contributed by atoms with Crippen LogP contribution in [-0.2, 0) is 5.41 Å². The number of halogens is 1. The molecule has 1 spiro atoms. The van der Waals surface area contributed by atoms with E-state index in [4.69, 9.17) is 0 Å². The quantitative estimate of drug-likeness (QED) is 0.589. The zero-order chi connectivity index (χ0) is 17.3. The smallest absolute Gasteiger partial charge is 0.253 e. The largest absolute Gasteiger partial charge is 0.356 e. The van der Waals surface area contributed by atoms with Gasteiger partial charge in [0.2, 0.25) is 0 Å². The average molecular weight is 330 g/mol. The Kier molecular flexibility index (Phi) is 4.41. The van der Waals surface area contributed by atoms with Gasteiger partial charge in [0.05, 0.1) is 11.3 Å². The Morgan fingerprint density at radius 1 is 1.38 bits per heavy atom. The number of aromatic amines is 1. The van der Waals surface area contributed by atoms with Gasteiger partial charge in [-0.1, -0.05) is 6.58 Å². The van der Waals surface area contributed by atoms with Crippen LogP contribution in [0.4, 0.5) is 4.39 Å². The summed E-state index contributed by atoms with van der Waals surface area (Å²) in [5, 5.41) is 6.33. The Morgan fingerprint density at radius 3 is 2.71 bits per heavy atom. The molecule has 6 heteroatoms. The van der Waals surface area contributed by atoms with Crippen LogP contribution < -0.4 is 10.6 Å². The van der Waals surface area contributed by atoms with Gasteiger partial charge in [-0.3, -0.25) is 9.79 Å². The van der Waals surface area contributed by atoms with E-state index in [1.807, 2.05) is 0 Å². The van der Waals surface area contributed by atoms with Crippen molar-refractivity contribution in [1.82, 2.24) is 15.6 Å². The zero-order valence-electron chi connectivity index (χ0n) is 14.1. The number of H-pyrrole nitrogens is 1. The van der Waals surface area contributed by atoms with E-state index in [1.54, 1.807) is 19.9 Å². The third-order valence-electron chi connectivity index (χ3n) is 4.74. The summed E-state index contributed by atoms with van der Waals surface area (Å²) < 4.78 is 14.3. The van der Waals surface area contributed by atoms with Crippen LogP contribution in [0.3, 0.4) is 0 Å². The first kappa shape index (κ1) is 16.6. The highest BCUT2D eigenvalue weighted by Gasteiger charge is 2.42. The van der Waals surface area contributed by atoms with Crippen molar-refractivity contribution in [3.05, 3.63) is 41.5 Å². The second-order valence-electron chi connectivity index (χ2n) is 6.64. The second kappa shape index (κ2) is 6.36. The molecule has 1 aromatic heterocycles. The van der Waals surface area contributed by atoms with Gasteiger partial charge in [0.15, 0.2) is 0 Å². The number of aliphatic imine (C=N–C) groups is 1. The van der Waals surface area contributed by atoms with Crippen LogP contribution in [0.5, 0.6) is 0 Å². The van der Waals surface area contributed by atoms with E-state index in [-0.39, 0.29) is 17.0 Å². The molecule has 1 saturated heterocycles. The Balaban J connectivity index is 2.13. The minimum absolute atomic E-state index is 0.118. The number of aromatic nitrogens is 1. The summed E-state index contributed by atoms with van der Waals surface area (Å²) in [7, 11) is 0. The molecule has 3 heterocycles. The summed E-state index contributed by atoms with van der Waals surface area (Å²) >= 11 is 0. The number of hydrogen-bond acceptors (Lipinski definition) is 3. The third kappa shape index (κ3) is 2.82. The molecule has 3 rings (SSSR count). The Hall–Kier alpha value is -2.21. The number of rotatable bonds is 3. The molecule has 128 valence electrons. The third-order valence-corrected chi connectivity index (χ3v) is 4.74. The molecular formula is C18H23FN4O. The monoisotopic (exact) mass is 330 g/mol. The molecule has 0 saturated carbocycles. The molecule has 0 aliphatic carbocycles. The molecule has 0 radical (unpaired) electrons. The van der Waals surface area contributed by atoms with Crippen molar-refractivity contribution in [2.24, 2.45) is 4.99 Å². The summed E-state index contributed by atoms with van der Waals surface area (Å²) in [5.41, 5.74) is 2.82. The highest BCUT2D eigenvalue weighted by atomic mass is 19.1. The Bertz CT molecular complexity index is 734. The summed E-state index contributed by atoms with van der Waals surface area (Å²) in [6.45, 7) is 9.52. The molecule has 0 aromatic carbocycles. The van der Waals surface area contributed by atoms with Crippen LogP contribution in [0.15, 0.2) is 29.5 Å². The fourth-order valence-corrected chi connectivity index (χ4v) is 3.51. The van der Waals surface area contributed by atoms with E-state index in [2.05, 4.69) is 27.2 Å². The van der Waals surface area contributed by atoms with E-state index in [0.29, 0.717) is 17.8 Å². The molecular weight excluding hydrogens is 307 g/mol. The number of carbonyl (C=O) groups is 1. The first-order valence-electron chi connectivity index (χ1n) is 8.24. The predicted molar refractivity (Wildman–Crippen MR) is 93.9 cm³/mol. The summed E-state index contributed by atoms with van der Waals surface area (Å²) in [6, 6.07) is 1.71. The number of piperidine rings is 1. The van der Waals surface area contributed by atoms with Gasteiger partial charge in [0.1, 0.15) is 11.5 Å². The molecule has 24 heavy (non-hydrogen) atoms. The number of carbonyl (C=O) groups excluding carboxylic acids is 1. The normalized spacial score (nSPS) is 20.0. The van der Waals surface area contributed by atoms with Gasteiger partial charge in [0, 0.05) is 23.4 Å². The van der Waals surface area contributed by atoms with E-state index in [0.717, 1.165) is 43.4 Å². The van der Waals surface area contributed by atoms with Gasteiger partial charge in [0.25, 0.3) is 5.91 Å². The molecule has 2 aliphatic heterocycles. The zero-order valence-corrected chi connectivity index (χ0v) is 14.1. The van der Waals surface area contributed by atoms with Gasteiger partial charge in [-0.2, -0.15) is 0 Å². The molecule has 1 fully saturated rings. The number of fused-ring (bicyclic) bond motifs is 2. The molecule has 2 aliphatic rings. The Morgan fingerprint density at radius 2 is 2.08 bits per heavy atom. The first-order chi connectivity index (χ1) is 11.5. The lowest BCUT2D eigenvalue weighted by atomic mass is 9.73. The maximum Gasteiger partial charge on any atom is 0.253 e. The van der Waals surface area contributed by atoms with Crippen LogP contribution in [0.1, 0.15) is 48.4 Å². The van der Waals surface area contributed by atoms with E-state index < -0.39 is 5.83 Å². The van der Waals surface area contributed by atoms with Crippen LogP contribution in [0.25, 0.3) is 5.70 Å². The highest BCUT2D eigenvalue weighted by molar-refractivity contribution is 5.98. The highest BCUT2D eigenvalue weighted by Crippen LogP contribution is 2.38. The van der Waals surface area contributed by atoms with Crippen molar-refractivity contribution in [3.63, 3.8) is 0 Å². The van der Waals surface area contributed by atoms with Crippen molar-refractivity contribution in [2.75, 3.05) is 19.6 Å². The molecule has 5 nitrogen and oxygen atoms in total. The number of hydrogen-bond donors (Lipinski definition) is 3. The van der Waals surface area contributed by atoms with Gasteiger partial charge in [-0.15, -0.1) is 0 Å². The fraction of sp³-hybridized carbons (Fsp3) is 0.444. The lowest BCUT2D eigenvalue weighted by molar-refractivity contribution is 0.0913. The van der Waals surface area contributed by atoms with Gasteiger partial charge >= 0.3 is 0 Å². The summed E-state index contributed by atoms with van der Waals surface area (Å²) in [5.74, 6) is -0.623. The Labute approximate surface area is 141 Å². The van der Waals surface area contributed by atoms with Crippen LogP contribution in [0.2, 0.25) is 0 Å². The fourth-order valence-electron chi connectivity index (χ4n) is 3.51. The van der Waals surface area contributed by atoms with Crippen molar-refractivity contribution >= 4 is 17.3 Å². The first-order valence-corrected chi connectivity index (χ1v) is 8.24. The van der Waals surface area contributed by atoms with Crippen LogP contribution in [-0.4, -0.2) is 36.2 Å². The molecule has 0 unspecified atom stereocenters. The van der Waals surface area contributed by atoms with Gasteiger partial charge in [-0.05, 0) is 51.9 Å². The average Bonchev–Trinajstić information content (AvgIpc) is 3.03. The number of amides is 1. The maximum absolute atomic E-state index is 14.3. The minimum Gasteiger partial charge on any atom is -0.356 e. The number of nitrogens with one attached hydrogen (secondary N) is 3.